The molecule has 0 spiro atoms. The van der Waals surface area contributed by atoms with Gasteiger partial charge in [0, 0.05) is 71.1 Å². The van der Waals surface area contributed by atoms with Crippen LogP contribution < -0.4 is 11.5 Å². The van der Waals surface area contributed by atoms with E-state index in [0.717, 1.165) is 35.5 Å². The van der Waals surface area contributed by atoms with Crippen LogP contribution in [0, 0.1) is 29.9 Å². The summed E-state index contributed by atoms with van der Waals surface area (Å²) in [5.74, 6) is 2.84. The van der Waals surface area contributed by atoms with Gasteiger partial charge in [0.05, 0.1) is 0 Å². The molecule has 252 valence electrons. The van der Waals surface area contributed by atoms with Gasteiger partial charge in [0.1, 0.15) is 0 Å². The van der Waals surface area contributed by atoms with Crippen LogP contribution in [0.5, 0.6) is 0 Å². The van der Waals surface area contributed by atoms with Crippen molar-refractivity contribution in [3.63, 3.8) is 0 Å². The van der Waals surface area contributed by atoms with Gasteiger partial charge in [-0.1, -0.05) is 104 Å². The van der Waals surface area contributed by atoms with Crippen LogP contribution in [0.2, 0.25) is 0 Å². The van der Waals surface area contributed by atoms with Crippen molar-refractivity contribution in [1.29, 1.82) is 0 Å². The van der Waals surface area contributed by atoms with Crippen LogP contribution in [0.1, 0.15) is 117 Å². The van der Waals surface area contributed by atoms with Crippen LogP contribution in [0.4, 0.5) is 11.4 Å². The van der Waals surface area contributed by atoms with E-state index in [1.54, 1.807) is 24.3 Å². The summed E-state index contributed by atoms with van der Waals surface area (Å²) in [6.07, 6.45) is 13.5. The van der Waals surface area contributed by atoms with E-state index in [2.05, 4.69) is 79.7 Å². The van der Waals surface area contributed by atoms with E-state index in [4.69, 9.17) is 11.5 Å². The predicted octanol–water partition coefficient (Wildman–Crippen LogP) is 12.0. The van der Waals surface area contributed by atoms with Crippen molar-refractivity contribution in [2.24, 2.45) is 17.8 Å². The zero-order valence-electron chi connectivity index (χ0n) is 25.9. The molecule has 0 aromatic heterocycles. The third-order valence-corrected chi connectivity index (χ3v) is 9.67. The second-order valence-corrected chi connectivity index (χ2v) is 12.6. The summed E-state index contributed by atoms with van der Waals surface area (Å²) in [6, 6.07) is 39.9. The van der Waals surface area contributed by atoms with Crippen molar-refractivity contribution in [1.82, 2.24) is 0 Å². The van der Waals surface area contributed by atoms with Crippen LogP contribution in [0.3, 0.4) is 0 Å². The Kier molecular flexibility index (Phi) is 24.3. The maximum Gasteiger partial charge on any atom is 0.0314 e. The first-order valence-corrected chi connectivity index (χ1v) is 15.6. The maximum atomic E-state index is 5.86. The first-order valence-electron chi connectivity index (χ1n) is 15.6. The molecule has 0 bridgehead atoms. The van der Waals surface area contributed by atoms with Crippen LogP contribution in [-0.4, -0.2) is 0 Å². The zero-order chi connectivity index (χ0) is 28.5. The molecule has 2 fully saturated rings. The molecular formula is C43H62N2Y2-2. The molecule has 0 saturated heterocycles. The minimum Gasteiger partial charge on any atom is -0.419 e. The molecule has 0 atom stereocenters. The van der Waals surface area contributed by atoms with Gasteiger partial charge in [-0.2, -0.15) is 48.5 Å². The molecule has 4 aromatic rings. The van der Waals surface area contributed by atoms with Gasteiger partial charge in [-0.3, -0.25) is 0 Å². The fraction of sp³-hybridized carbons (Fsp3) is 0.442. The fourth-order valence-corrected chi connectivity index (χ4v) is 7.10. The Labute approximate surface area is 340 Å². The minimum absolute atomic E-state index is 0. The molecule has 0 aliphatic heterocycles. The van der Waals surface area contributed by atoms with Gasteiger partial charge in [0.15, 0.2) is 0 Å². The second-order valence-electron chi connectivity index (χ2n) is 12.6. The number of nitrogens with two attached hydrogens (primary N) is 2. The molecule has 2 saturated carbocycles. The zero-order valence-corrected chi connectivity index (χ0v) is 31.5. The van der Waals surface area contributed by atoms with Gasteiger partial charge < -0.3 is 11.5 Å². The van der Waals surface area contributed by atoms with E-state index in [9.17, 15) is 0 Å². The quantitative estimate of drug-likeness (QED) is 0.151. The van der Waals surface area contributed by atoms with E-state index in [-0.39, 0.29) is 101 Å². The van der Waals surface area contributed by atoms with E-state index in [0.29, 0.717) is 0 Å². The Balaban J connectivity index is 0. The van der Waals surface area contributed by atoms with E-state index < -0.39 is 0 Å². The normalized spacial score (nSPS) is 21.1. The second kappa shape index (κ2) is 23.9. The monoisotopic (exact) mass is 784 g/mol. The summed E-state index contributed by atoms with van der Waals surface area (Å²) in [5, 5.41) is 0. The molecule has 2 aliphatic carbocycles. The molecule has 6 rings (SSSR count). The Morgan fingerprint density at radius 1 is 0.553 bits per heavy atom. The summed E-state index contributed by atoms with van der Waals surface area (Å²) in [4.78, 5) is 0. The molecule has 47 heavy (non-hydrogen) atoms. The van der Waals surface area contributed by atoms with Crippen molar-refractivity contribution >= 4 is 11.4 Å². The number of hydrogen-bond acceptors (Lipinski definition) is 2. The number of anilines is 2. The molecule has 4 aromatic carbocycles. The Morgan fingerprint density at radius 2 is 0.957 bits per heavy atom. The topological polar surface area (TPSA) is 52.0 Å². The predicted molar refractivity (Wildman–Crippen MR) is 200 cm³/mol. The van der Waals surface area contributed by atoms with Gasteiger partial charge in [-0.25, -0.2) is 0 Å². The molecule has 2 nitrogen and oxygen atoms in total. The third-order valence-electron chi connectivity index (χ3n) is 9.67. The molecule has 2 radical (unpaired) electrons. The van der Waals surface area contributed by atoms with Crippen LogP contribution in [0.15, 0.2) is 97.1 Å². The van der Waals surface area contributed by atoms with Gasteiger partial charge in [-0.15, -0.1) is 17.7 Å². The minimum atomic E-state index is 0. The molecule has 4 heteroatoms. The average Bonchev–Trinajstić information content (AvgIpc) is 3.02. The molecule has 4 N–H and O–H groups in total. The van der Waals surface area contributed by atoms with Crippen molar-refractivity contribution in [3.8, 4) is 0 Å². The third kappa shape index (κ3) is 13.8. The molecule has 2 aliphatic rings. The van der Waals surface area contributed by atoms with Crippen molar-refractivity contribution in [2.75, 3.05) is 11.5 Å². The molecular weight excluding hydrogens is 722 g/mol. The Bertz CT molecular complexity index is 1310. The summed E-state index contributed by atoms with van der Waals surface area (Å²) >= 11 is 0. The number of hydrogen-bond donors (Lipinski definition) is 2. The van der Waals surface area contributed by atoms with Crippen LogP contribution >= 0.6 is 0 Å². The summed E-state index contributed by atoms with van der Waals surface area (Å²) in [5.41, 5.74) is 18.6. The Hall–Kier alpha value is -1.31. The average molecular weight is 785 g/mol. The van der Waals surface area contributed by atoms with E-state index in [1.807, 2.05) is 12.1 Å². The summed E-state index contributed by atoms with van der Waals surface area (Å²) in [6.45, 7) is 2.43. The first-order chi connectivity index (χ1) is 20.0. The summed E-state index contributed by atoms with van der Waals surface area (Å²) in [7, 11) is 0. The smallest absolute Gasteiger partial charge is 0.0314 e. The van der Waals surface area contributed by atoms with Crippen LogP contribution in [-0.2, 0) is 77.3 Å². The van der Waals surface area contributed by atoms with Crippen molar-refractivity contribution in [3.05, 3.63) is 131 Å². The molecule has 0 unspecified atom stereocenters. The first kappa shape index (κ1) is 47.8. The largest absolute Gasteiger partial charge is 0.419 e. The fourth-order valence-electron chi connectivity index (χ4n) is 7.10. The van der Waals surface area contributed by atoms with Crippen molar-refractivity contribution in [2.45, 2.75) is 106 Å². The number of rotatable bonds is 6. The number of benzene rings is 4. The van der Waals surface area contributed by atoms with E-state index in [1.165, 1.54) is 80.0 Å². The van der Waals surface area contributed by atoms with Gasteiger partial charge in [-0.05, 0) is 90.5 Å². The number of nitrogen functional groups attached to an aromatic ring is 2. The van der Waals surface area contributed by atoms with Crippen molar-refractivity contribution < 1.29 is 65.4 Å². The standard InChI is InChI=1S/C33H40N.C6H6N.4CH4.2Y/c1-25-7-9-26(10-8-25)24-29-19-21-33(22-20-29,30-5-3-2-4-6-30)31-15-11-27(12-16-31)23-28-13-17-32(34)18-14-28;7-6-4-2-1-3-5-6;;;;;;/h3-6,11-18,25-26,29H,7-10,19-24,34H2,1H3;2-5H,7H2;4*1H4;;/q2*-1;;;;;;. The SMILES string of the molecule is C.C.C.C.CC1CCC(CC2CCC(c3cc[c-]cc3)(c3ccc(Cc4ccc(N)cc4)cc3)CC2)CC1.Nc1cc[c-]cc1.[Y].[Y]. The maximum absolute atomic E-state index is 5.86. The molecule has 0 heterocycles. The Morgan fingerprint density at radius 3 is 1.43 bits per heavy atom. The summed E-state index contributed by atoms with van der Waals surface area (Å²) < 4.78 is 0. The van der Waals surface area contributed by atoms with Crippen LogP contribution in [0.25, 0.3) is 0 Å². The van der Waals surface area contributed by atoms with Gasteiger partial charge in [0.25, 0.3) is 0 Å². The van der Waals surface area contributed by atoms with Gasteiger partial charge in [0.2, 0.25) is 0 Å². The molecule has 0 amide bonds. The van der Waals surface area contributed by atoms with Gasteiger partial charge >= 0.3 is 0 Å². The van der Waals surface area contributed by atoms with E-state index >= 15 is 0 Å².